The fourth-order valence-electron chi connectivity index (χ4n) is 2.62. The van der Waals surface area contributed by atoms with Crippen molar-refractivity contribution in [2.24, 2.45) is 5.73 Å². The number of halogens is 2. The molecule has 2 amide bonds. The maximum absolute atomic E-state index is 12.8. The fourth-order valence-corrected chi connectivity index (χ4v) is 2.89. The van der Waals surface area contributed by atoms with Crippen molar-refractivity contribution in [3.63, 3.8) is 0 Å². The lowest BCUT2D eigenvalue weighted by Crippen LogP contribution is -2.57. The standard InChI is InChI=1S/C16H22BrN3O3.ClH/c1-16(18,12-3-5-13(17)6-4-12)15(22)20-9-7-19(8-10-20)14(21)11-23-2;/h3-6H,7-11,18H2,1-2H3;1H. The summed E-state index contributed by atoms with van der Waals surface area (Å²) in [5.74, 6) is -0.179. The van der Waals surface area contributed by atoms with Crippen LogP contribution in [0.15, 0.2) is 28.7 Å². The minimum atomic E-state index is -1.08. The fraction of sp³-hybridized carbons (Fsp3) is 0.500. The van der Waals surface area contributed by atoms with E-state index in [0.29, 0.717) is 26.2 Å². The first-order valence-electron chi connectivity index (χ1n) is 7.47. The zero-order chi connectivity index (χ0) is 17.0. The number of benzene rings is 1. The van der Waals surface area contributed by atoms with Crippen molar-refractivity contribution in [2.75, 3.05) is 39.9 Å². The predicted molar refractivity (Wildman–Crippen MR) is 98.0 cm³/mol. The summed E-state index contributed by atoms with van der Waals surface area (Å²) in [5, 5.41) is 0. The Morgan fingerprint density at radius 1 is 1.17 bits per heavy atom. The smallest absolute Gasteiger partial charge is 0.248 e. The molecule has 1 aliphatic rings. The molecule has 0 spiro atoms. The first-order valence-corrected chi connectivity index (χ1v) is 8.26. The van der Waals surface area contributed by atoms with Gasteiger partial charge in [-0.2, -0.15) is 0 Å². The monoisotopic (exact) mass is 419 g/mol. The van der Waals surface area contributed by atoms with Gasteiger partial charge < -0.3 is 20.3 Å². The Labute approximate surface area is 156 Å². The summed E-state index contributed by atoms with van der Waals surface area (Å²) < 4.78 is 5.80. The van der Waals surface area contributed by atoms with Crippen LogP contribution in [-0.4, -0.2) is 61.5 Å². The highest BCUT2D eigenvalue weighted by Gasteiger charge is 2.36. The Morgan fingerprint density at radius 2 is 1.67 bits per heavy atom. The molecule has 1 unspecified atom stereocenters. The molecule has 1 aromatic rings. The van der Waals surface area contributed by atoms with Crippen LogP contribution in [0.3, 0.4) is 0 Å². The van der Waals surface area contributed by atoms with Crippen LogP contribution in [0.4, 0.5) is 0 Å². The van der Waals surface area contributed by atoms with Gasteiger partial charge in [0.2, 0.25) is 11.8 Å². The molecule has 1 heterocycles. The van der Waals surface area contributed by atoms with Gasteiger partial charge in [0.05, 0.1) is 0 Å². The maximum atomic E-state index is 12.8. The first kappa shape index (κ1) is 20.9. The molecule has 0 saturated carbocycles. The van der Waals surface area contributed by atoms with E-state index in [0.717, 1.165) is 10.0 Å². The van der Waals surface area contributed by atoms with E-state index in [-0.39, 0.29) is 30.8 Å². The van der Waals surface area contributed by atoms with E-state index >= 15 is 0 Å². The maximum Gasteiger partial charge on any atom is 0.248 e. The summed E-state index contributed by atoms with van der Waals surface area (Å²) in [6.45, 7) is 3.77. The number of nitrogens with zero attached hydrogens (tertiary/aromatic N) is 2. The average molecular weight is 421 g/mol. The number of nitrogens with two attached hydrogens (primary N) is 1. The van der Waals surface area contributed by atoms with Gasteiger partial charge in [-0.15, -0.1) is 12.4 Å². The number of methoxy groups -OCH3 is 1. The molecular formula is C16H23BrClN3O3. The lowest BCUT2D eigenvalue weighted by atomic mass is 9.91. The molecule has 24 heavy (non-hydrogen) atoms. The summed E-state index contributed by atoms with van der Waals surface area (Å²) in [6.07, 6.45) is 0. The van der Waals surface area contributed by atoms with Crippen LogP contribution in [0.5, 0.6) is 0 Å². The Hall–Kier alpha value is -1.15. The number of carbonyl (C=O) groups excluding carboxylic acids is 2. The molecule has 0 aliphatic carbocycles. The highest BCUT2D eigenvalue weighted by atomic mass is 79.9. The zero-order valence-corrected chi connectivity index (χ0v) is 16.2. The largest absolute Gasteiger partial charge is 0.375 e. The van der Waals surface area contributed by atoms with Gasteiger partial charge in [-0.05, 0) is 24.6 Å². The molecule has 2 rings (SSSR count). The second kappa shape index (κ2) is 8.80. The van der Waals surface area contributed by atoms with Crippen LogP contribution in [-0.2, 0) is 19.9 Å². The van der Waals surface area contributed by atoms with Crippen molar-refractivity contribution < 1.29 is 14.3 Å². The van der Waals surface area contributed by atoms with Crippen LogP contribution in [0.25, 0.3) is 0 Å². The van der Waals surface area contributed by atoms with Gasteiger partial charge in [0.15, 0.2) is 0 Å². The number of ether oxygens (including phenoxy) is 1. The van der Waals surface area contributed by atoms with Crippen molar-refractivity contribution in [2.45, 2.75) is 12.5 Å². The molecular weight excluding hydrogens is 398 g/mol. The van der Waals surface area contributed by atoms with Crippen molar-refractivity contribution in [1.82, 2.24) is 9.80 Å². The van der Waals surface area contributed by atoms with E-state index < -0.39 is 5.54 Å². The quantitative estimate of drug-likeness (QED) is 0.798. The molecule has 1 fully saturated rings. The Bertz CT molecular complexity index is 572. The number of amides is 2. The lowest BCUT2D eigenvalue weighted by molar-refractivity contribution is -0.144. The third kappa shape index (κ3) is 4.69. The molecule has 8 heteroatoms. The SMILES string of the molecule is COCC(=O)N1CCN(C(=O)C(C)(N)c2ccc(Br)cc2)CC1.Cl. The van der Waals surface area contributed by atoms with Gasteiger partial charge >= 0.3 is 0 Å². The molecule has 0 aromatic heterocycles. The molecule has 0 radical (unpaired) electrons. The number of carbonyl (C=O) groups is 2. The second-order valence-corrected chi connectivity index (χ2v) is 6.73. The van der Waals surface area contributed by atoms with Gasteiger partial charge in [0.25, 0.3) is 0 Å². The summed E-state index contributed by atoms with van der Waals surface area (Å²) in [4.78, 5) is 28.0. The van der Waals surface area contributed by atoms with Gasteiger partial charge in [0.1, 0.15) is 12.1 Å². The van der Waals surface area contributed by atoms with Crippen LogP contribution in [0, 0.1) is 0 Å². The molecule has 0 bridgehead atoms. The van der Waals surface area contributed by atoms with Crippen LogP contribution >= 0.6 is 28.3 Å². The highest BCUT2D eigenvalue weighted by Crippen LogP contribution is 2.23. The summed E-state index contributed by atoms with van der Waals surface area (Å²) in [6, 6.07) is 7.44. The molecule has 1 aliphatic heterocycles. The Morgan fingerprint density at radius 3 is 2.17 bits per heavy atom. The third-order valence-corrected chi connectivity index (χ3v) is 4.60. The average Bonchev–Trinajstić information content (AvgIpc) is 2.55. The Kier molecular flexibility index (Phi) is 7.66. The summed E-state index contributed by atoms with van der Waals surface area (Å²) in [7, 11) is 1.50. The molecule has 1 atom stereocenters. The third-order valence-electron chi connectivity index (χ3n) is 4.08. The van der Waals surface area contributed by atoms with Crippen molar-refractivity contribution in [3.8, 4) is 0 Å². The van der Waals surface area contributed by atoms with Crippen LogP contribution in [0.2, 0.25) is 0 Å². The van der Waals surface area contributed by atoms with Crippen LogP contribution < -0.4 is 5.73 Å². The minimum absolute atomic E-state index is 0. The van der Waals surface area contributed by atoms with E-state index in [9.17, 15) is 9.59 Å². The zero-order valence-electron chi connectivity index (χ0n) is 13.8. The van der Waals surface area contributed by atoms with E-state index in [2.05, 4.69) is 15.9 Å². The van der Waals surface area contributed by atoms with Gasteiger partial charge in [-0.25, -0.2) is 0 Å². The predicted octanol–water partition coefficient (Wildman–Crippen LogP) is 1.36. The van der Waals surface area contributed by atoms with Crippen molar-refractivity contribution in [3.05, 3.63) is 34.3 Å². The molecule has 1 saturated heterocycles. The van der Waals surface area contributed by atoms with E-state index in [4.69, 9.17) is 10.5 Å². The van der Waals surface area contributed by atoms with Crippen molar-refractivity contribution in [1.29, 1.82) is 0 Å². The normalized spacial score (nSPS) is 17.0. The molecule has 1 aromatic carbocycles. The first-order chi connectivity index (χ1) is 10.9. The second-order valence-electron chi connectivity index (χ2n) is 5.82. The molecule has 2 N–H and O–H groups in total. The summed E-state index contributed by atoms with van der Waals surface area (Å²) in [5.41, 5.74) is 5.98. The van der Waals surface area contributed by atoms with Gasteiger partial charge in [-0.1, -0.05) is 28.1 Å². The molecule has 6 nitrogen and oxygen atoms in total. The minimum Gasteiger partial charge on any atom is -0.375 e. The van der Waals surface area contributed by atoms with Gasteiger partial charge in [-0.3, -0.25) is 9.59 Å². The summed E-state index contributed by atoms with van der Waals surface area (Å²) >= 11 is 3.37. The van der Waals surface area contributed by atoms with Crippen LogP contribution in [0.1, 0.15) is 12.5 Å². The van der Waals surface area contributed by atoms with Crippen molar-refractivity contribution >= 4 is 40.2 Å². The van der Waals surface area contributed by atoms with E-state index in [1.54, 1.807) is 16.7 Å². The van der Waals surface area contributed by atoms with E-state index in [1.165, 1.54) is 7.11 Å². The number of hydrogen-bond donors (Lipinski definition) is 1. The van der Waals surface area contributed by atoms with Gasteiger partial charge in [0, 0.05) is 37.8 Å². The number of piperazine rings is 1. The van der Waals surface area contributed by atoms with E-state index in [1.807, 2.05) is 24.3 Å². The Balaban J connectivity index is 0.00000288. The number of rotatable bonds is 4. The highest BCUT2D eigenvalue weighted by molar-refractivity contribution is 9.10. The topological polar surface area (TPSA) is 75.9 Å². The molecule has 134 valence electrons. The number of hydrogen-bond acceptors (Lipinski definition) is 4. The lowest BCUT2D eigenvalue weighted by Gasteiger charge is -2.38.